The topological polar surface area (TPSA) is 24.7 Å². The Morgan fingerprint density at radius 3 is 2.65 bits per heavy atom. The van der Waals surface area contributed by atoms with Crippen LogP contribution in [0.1, 0.15) is 33.6 Å². The Morgan fingerprint density at radius 1 is 1.29 bits per heavy atom. The van der Waals surface area contributed by atoms with Crippen LogP contribution in [0.15, 0.2) is 33.4 Å². The first kappa shape index (κ1) is 13.7. The summed E-state index contributed by atoms with van der Waals surface area (Å²) >= 11 is 0. The summed E-state index contributed by atoms with van der Waals surface area (Å²) in [6, 6.07) is 0. The summed E-state index contributed by atoms with van der Waals surface area (Å²) in [5.74, 6) is -2.64. The Kier molecular flexibility index (Phi) is 4.73. The third kappa shape index (κ3) is 6.09. The Bertz CT molecular complexity index is 385. The van der Waals surface area contributed by atoms with Crippen LogP contribution in [-0.4, -0.2) is 24.4 Å². The lowest BCUT2D eigenvalue weighted by atomic mass is 10.1. The number of halogens is 2. The van der Waals surface area contributed by atoms with Crippen molar-refractivity contribution in [1.29, 1.82) is 0 Å². The van der Waals surface area contributed by atoms with E-state index >= 15 is 0 Å². The monoisotopic (exact) mass is 240 g/mol. The average Bonchev–Trinajstić information content (AvgIpc) is 2.25. The molecule has 0 saturated heterocycles. The van der Waals surface area contributed by atoms with Crippen molar-refractivity contribution in [2.45, 2.75) is 39.5 Å². The highest BCUT2D eigenvalue weighted by atomic mass is 19.3. The van der Waals surface area contributed by atoms with Crippen molar-refractivity contribution < 1.29 is 8.78 Å². The molecule has 4 heteroatoms. The van der Waals surface area contributed by atoms with Gasteiger partial charge in [0.05, 0.1) is 6.54 Å². The predicted octanol–water partition coefficient (Wildman–Crippen LogP) is 3.80. The van der Waals surface area contributed by atoms with Gasteiger partial charge in [-0.25, -0.2) is 8.78 Å². The zero-order chi connectivity index (χ0) is 12.9. The van der Waals surface area contributed by atoms with E-state index in [4.69, 9.17) is 0 Å². The third-order valence-electron chi connectivity index (χ3n) is 2.32. The van der Waals surface area contributed by atoms with Crippen LogP contribution in [0.25, 0.3) is 0 Å². The quantitative estimate of drug-likeness (QED) is 0.717. The number of hydrogen-bond acceptors (Lipinski definition) is 2. The van der Waals surface area contributed by atoms with Crippen LogP contribution >= 0.6 is 0 Å². The Morgan fingerprint density at radius 2 is 2.00 bits per heavy atom. The molecule has 17 heavy (non-hydrogen) atoms. The van der Waals surface area contributed by atoms with Gasteiger partial charge in [0.25, 0.3) is 0 Å². The maximum atomic E-state index is 12.8. The van der Waals surface area contributed by atoms with Crippen LogP contribution in [0, 0.1) is 0 Å². The van der Waals surface area contributed by atoms with Crippen molar-refractivity contribution in [3.8, 4) is 0 Å². The molecule has 1 heterocycles. The molecule has 0 fully saturated rings. The van der Waals surface area contributed by atoms with Gasteiger partial charge in [0, 0.05) is 24.0 Å². The Hall–Kier alpha value is -1.32. The van der Waals surface area contributed by atoms with Crippen LogP contribution in [0.4, 0.5) is 8.78 Å². The van der Waals surface area contributed by atoms with Crippen LogP contribution in [0.2, 0.25) is 0 Å². The summed E-state index contributed by atoms with van der Waals surface area (Å²) in [6.07, 6.45) is 5.59. The zero-order valence-electron chi connectivity index (χ0n) is 10.5. The molecule has 1 aliphatic rings. The molecule has 0 atom stereocenters. The van der Waals surface area contributed by atoms with E-state index < -0.39 is 5.92 Å². The average molecular weight is 240 g/mol. The first-order chi connectivity index (χ1) is 7.87. The lowest BCUT2D eigenvalue weighted by Gasteiger charge is -2.09. The predicted molar refractivity (Wildman–Crippen MR) is 68.2 cm³/mol. The highest BCUT2D eigenvalue weighted by molar-refractivity contribution is 5.96. The number of allylic oxidation sites excluding steroid dienone is 4. The van der Waals surface area contributed by atoms with E-state index in [9.17, 15) is 8.78 Å². The first-order valence-corrected chi connectivity index (χ1v) is 5.67. The highest BCUT2D eigenvalue weighted by Gasteiger charge is 2.20. The summed E-state index contributed by atoms with van der Waals surface area (Å²) in [5, 5.41) is 0. The Labute approximate surface area is 101 Å². The van der Waals surface area contributed by atoms with E-state index in [1.165, 1.54) is 0 Å². The van der Waals surface area contributed by atoms with Gasteiger partial charge in [-0.05, 0) is 44.9 Å². The van der Waals surface area contributed by atoms with Crippen molar-refractivity contribution in [3.05, 3.63) is 23.4 Å². The molecule has 0 aromatic carbocycles. The fourth-order valence-corrected chi connectivity index (χ4v) is 1.56. The smallest absolute Gasteiger partial charge is 0.245 e. The summed E-state index contributed by atoms with van der Waals surface area (Å²) in [7, 11) is 0. The minimum absolute atomic E-state index is 0.171. The molecule has 1 aliphatic heterocycles. The van der Waals surface area contributed by atoms with Gasteiger partial charge in [-0.1, -0.05) is 0 Å². The highest BCUT2D eigenvalue weighted by Crippen LogP contribution is 2.19. The molecule has 0 amide bonds. The van der Waals surface area contributed by atoms with E-state index in [0.29, 0.717) is 18.7 Å². The number of aliphatic imine (C=N–C) groups is 2. The largest absolute Gasteiger partial charge is 0.284 e. The molecule has 0 unspecified atom stereocenters. The molecule has 0 aliphatic carbocycles. The number of rotatable bonds is 3. The lowest BCUT2D eigenvalue weighted by molar-refractivity contribution is 0.0151. The van der Waals surface area contributed by atoms with E-state index in [2.05, 4.69) is 9.98 Å². The molecule has 2 nitrogen and oxygen atoms in total. The van der Waals surface area contributed by atoms with Crippen LogP contribution in [0.3, 0.4) is 0 Å². The van der Waals surface area contributed by atoms with Crippen molar-refractivity contribution in [3.63, 3.8) is 0 Å². The molecule has 1 rings (SSSR count). The molecule has 94 valence electrons. The van der Waals surface area contributed by atoms with E-state index in [0.717, 1.165) is 18.2 Å². The second-order valence-electron chi connectivity index (χ2n) is 4.39. The molecule has 0 radical (unpaired) electrons. The van der Waals surface area contributed by atoms with E-state index in [1.807, 2.05) is 26.0 Å². The van der Waals surface area contributed by atoms with Crippen molar-refractivity contribution in [2.24, 2.45) is 9.98 Å². The molecular formula is C13H18F2N2. The van der Waals surface area contributed by atoms with Gasteiger partial charge in [0.15, 0.2) is 0 Å². The van der Waals surface area contributed by atoms with Gasteiger partial charge in [0.1, 0.15) is 0 Å². The molecular weight excluding hydrogens is 222 g/mol. The molecule has 0 spiro atoms. The van der Waals surface area contributed by atoms with Gasteiger partial charge in [-0.15, -0.1) is 0 Å². The first-order valence-electron chi connectivity index (χ1n) is 5.67. The van der Waals surface area contributed by atoms with Gasteiger partial charge in [0.2, 0.25) is 5.92 Å². The lowest BCUT2D eigenvalue weighted by Crippen LogP contribution is -2.12. The van der Waals surface area contributed by atoms with Gasteiger partial charge < -0.3 is 0 Å². The zero-order valence-corrected chi connectivity index (χ0v) is 10.5. The minimum Gasteiger partial charge on any atom is -0.284 e. The number of nitrogens with zero attached hydrogens (tertiary/aromatic N) is 2. The van der Waals surface area contributed by atoms with Gasteiger partial charge in [-0.2, -0.15) is 0 Å². The van der Waals surface area contributed by atoms with Crippen LogP contribution in [-0.2, 0) is 0 Å². The molecule has 0 N–H and O–H groups in total. The van der Waals surface area contributed by atoms with Crippen molar-refractivity contribution in [2.75, 3.05) is 6.54 Å². The second kappa shape index (κ2) is 5.84. The maximum absolute atomic E-state index is 12.8. The number of alkyl halides is 2. The molecule has 0 bridgehead atoms. The fraction of sp³-hybridized carbons (Fsp3) is 0.538. The summed E-state index contributed by atoms with van der Waals surface area (Å²) in [5.41, 5.74) is 2.59. The van der Waals surface area contributed by atoms with Crippen LogP contribution < -0.4 is 0 Å². The molecule has 0 aromatic heterocycles. The fourth-order valence-electron chi connectivity index (χ4n) is 1.56. The van der Waals surface area contributed by atoms with E-state index in [1.54, 1.807) is 6.21 Å². The summed E-state index contributed by atoms with van der Waals surface area (Å²) in [4.78, 5) is 8.43. The molecule has 0 saturated carbocycles. The normalized spacial score (nSPS) is 28.6. The van der Waals surface area contributed by atoms with Crippen molar-refractivity contribution >= 4 is 11.9 Å². The Balaban J connectivity index is 2.77. The van der Waals surface area contributed by atoms with Gasteiger partial charge in [-0.3, -0.25) is 9.98 Å². The van der Waals surface area contributed by atoms with Crippen LogP contribution in [0.5, 0.6) is 0 Å². The van der Waals surface area contributed by atoms with E-state index in [-0.39, 0.29) is 6.42 Å². The second-order valence-corrected chi connectivity index (χ2v) is 4.39. The van der Waals surface area contributed by atoms with Gasteiger partial charge >= 0.3 is 0 Å². The SMILES string of the molecule is CC1=C/C(C)=C/C(CCC(C)(F)F)=N\C/C=N\1. The summed E-state index contributed by atoms with van der Waals surface area (Å²) in [6.45, 7) is 5.20. The third-order valence-corrected chi connectivity index (χ3v) is 2.32. The maximum Gasteiger partial charge on any atom is 0.245 e. The summed E-state index contributed by atoms with van der Waals surface area (Å²) < 4.78 is 25.6. The minimum atomic E-state index is -2.64. The molecule has 0 aromatic rings. The van der Waals surface area contributed by atoms with Crippen molar-refractivity contribution in [1.82, 2.24) is 0 Å². The number of hydrogen-bond donors (Lipinski definition) is 0. The standard InChI is InChI=1S/C13H18F2N2/c1-10-8-11(2)16-6-7-17-12(9-10)4-5-13(3,14)15/h6,8-9H,4-5,7H2,1-3H3/b10-9+,11-8-,16-6-,17-12-.